The summed E-state index contributed by atoms with van der Waals surface area (Å²) in [6.45, 7) is 6.07. The molecule has 1 aliphatic rings. The van der Waals surface area contributed by atoms with Gasteiger partial charge in [-0.3, -0.25) is 0 Å². The van der Waals surface area contributed by atoms with E-state index in [1.807, 2.05) is 0 Å². The minimum absolute atomic E-state index is 0.262. The summed E-state index contributed by atoms with van der Waals surface area (Å²) >= 11 is 0. The number of nitrogens with zero attached hydrogens (tertiary/aromatic N) is 1. The Hall–Kier alpha value is -0.290. The summed E-state index contributed by atoms with van der Waals surface area (Å²) in [6, 6.07) is 0. The van der Waals surface area contributed by atoms with Crippen molar-refractivity contribution < 1.29 is 13.2 Å². The number of rotatable bonds is 6. The molecule has 5 heteroatoms. The molecule has 0 atom stereocenters. The number of alkyl halides is 3. The van der Waals surface area contributed by atoms with E-state index >= 15 is 0 Å². The number of hydrogen-bond donors (Lipinski definition) is 1. The molecule has 1 saturated heterocycles. The van der Waals surface area contributed by atoms with E-state index in [-0.39, 0.29) is 12.8 Å². The van der Waals surface area contributed by atoms with Gasteiger partial charge in [0.25, 0.3) is 0 Å². The number of unbranched alkanes of at least 4 members (excludes halogenated alkanes) is 1. The number of nitrogens with one attached hydrogen (secondary N) is 1. The lowest BCUT2D eigenvalue weighted by atomic mass is 9.96. The van der Waals surface area contributed by atoms with Crippen LogP contribution in [0, 0.1) is 5.92 Å². The van der Waals surface area contributed by atoms with Crippen LogP contribution in [0.5, 0.6) is 0 Å². The average Bonchev–Trinajstić information content (AvgIpc) is 2.28. The van der Waals surface area contributed by atoms with Crippen LogP contribution in [-0.4, -0.2) is 43.8 Å². The summed E-state index contributed by atoms with van der Waals surface area (Å²) in [5.74, 6) is -1.08. The van der Waals surface area contributed by atoms with Crippen molar-refractivity contribution in [1.29, 1.82) is 0 Å². The van der Waals surface area contributed by atoms with E-state index in [2.05, 4.69) is 17.1 Å². The Labute approximate surface area is 102 Å². The van der Waals surface area contributed by atoms with Gasteiger partial charge in [-0.15, -0.1) is 0 Å². The van der Waals surface area contributed by atoms with Crippen molar-refractivity contribution in [3.63, 3.8) is 0 Å². The molecule has 0 spiro atoms. The van der Waals surface area contributed by atoms with Crippen molar-refractivity contribution >= 4 is 0 Å². The summed E-state index contributed by atoms with van der Waals surface area (Å²) in [4.78, 5) is 2.13. The Balaban J connectivity index is 2.07. The molecule has 0 aliphatic carbocycles. The van der Waals surface area contributed by atoms with Crippen LogP contribution >= 0.6 is 0 Å². The summed E-state index contributed by atoms with van der Waals surface area (Å²) in [5, 5.41) is 3.31. The average molecular weight is 252 g/mol. The first-order valence-corrected chi connectivity index (χ1v) is 6.54. The highest BCUT2D eigenvalue weighted by Gasteiger charge is 2.40. The topological polar surface area (TPSA) is 15.3 Å². The molecule has 17 heavy (non-hydrogen) atoms. The van der Waals surface area contributed by atoms with Gasteiger partial charge in [0.1, 0.15) is 0 Å². The van der Waals surface area contributed by atoms with Crippen LogP contribution in [0.1, 0.15) is 32.6 Å². The highest BCUT2D eigenvalue weighted by molar-refractivity contribution is 4.77. The van der Waals surface area contributed by atoms with Crippen molar-refractivity contribution in [2.75, 3.05) is 32.7 Å². The minimum atomic E-state index is -3.99. The van der Waals surface area contributed by atoms with Gasteiger partial charge in [-0.05, 0) is 38.9 Å². The van der Waals surface area contributed by atoms with Crippen molar-refractivity contribution in [3.05, 3.63) is 0 Å². The Morgan fingerprint density at radius 1 is 1.18 bits per heavy atom. The molecule has 102 valence electrons. The van der Waals surface area contributed by atoms with Gasteiger partial charge in [-0.2, -0.15) is 13.2 Å². The fraction of sp³-hybridized carbons (Fsp3) is 1.00. The number of halogens is 3. The molecule has 1 rings (SSSR count). The van der Waals surface area contributed by atoms with Crippen LogP contribution in [0.2, 0.25) is 0 Å². The van der Waals surface area contributed by atoms with Gasteiger partial charge >= 0.3 is 6.18 Å². The third-order valence-electron chi connectivity index (χ3n) is 3.36. The highest BCUT2D eigenvalue weighted by Crippen LogP contribution is 2.33. The fourth-order valence-corrected chi connectivity index (χ4v) is 2.15. The molecule has 0 unspecified atom stereocenters. The summed E-state index contributed by atoms with van der Waals surface area (Å²) < 4.78 is 37.3. The highest BCUT2D eigenvalue weighted by atomic mass is 19.4. The standard InChI is InChI=1S/C12H23F3N2/c1-2-3-6-16-7-10-17-8-4-11(5-9-17)12(13,14)15/h11,16H,2-10H2,1H3. The number of piperidine rings is 1. The van der Waals surface area contributed by atoms with Crippen molar-refractivity contribution in [3.8, 4) is 0 Å². The van der Waals surface area contributed by atoms with E-state index in [0.29, 0.717) is 13.1 Å². The smallest absolute Gasteiger partial charge is 0.315 e. The molecule has 1 N–H and O–H groups in total. The quantitative estimate of drug-likeness (QED) is 0.731. The van der Waals surface area contributed by atoms with Gasteiger partial charge in [-0.1, -0.05) is 13.3 Å². The van der Waals surface area contributed by atoms with E-state index in [9.17, 15) is 13.2 Å². The molecular formula is C12H23F3N2. The first kappa shape index (κ1) is 14.8. The Morgan fingerprint density at radius 3 is 2.35 bits per heavy atom. The van der Waals surface area contributed by atoms with Crippen LogP contribution in [0.15, 0.2) is 0 Å². The van der Waals surface area contributed by atoms with Crippen LogP contribution in [0.25, 0.3) is 0 Å². The molecule has 0 saturated carbocycles. The Bertz CT molecular complexity index is 198. The fourth-order valence-electron chi connectivity index (χ4n) is 2.15. The lowest BCUT2D eigenvalue weighted by Crippen LogP contribution is -2.41. The Kier molecular flexibility index (Phi) is 6.27. The second kappa shape index (κ2) is 7.21. The first-order chi connectivity index (χ1) is 8.04. The zero-order chi connectivity index (χ0) is 12.7. The largest absolute Gasteiger partial charge is 0.391 e. The maximum atomic E-state index is 12.4. The maximum absolute atomic E-state index is 12.4. The third-order valence-corrected chi connectivity index (χ3v) is 3.36. The molecule has 0 aromatic rings. The molecule has 0 aromatic carbocycles. The summed E-state index contributed by atoms with van der Waals surface area (Å²) in [6.07, 6.45) is -1.14. The molecule has 1 fully saturated rings. The number of hydrogen-bond acceptors (Lipinski definition) is 2. The normalized spacial score (nSPS) is 19.8. The van der Waals surface area contributed by atoms with Crippen LogP contribution in [-0.2, 0) is 0 Å². The third kappa shape index (κ3) is 5.73. The van der Waals surface area contributed by atoms with Gasteiger partial charge < -0.3 is 10.2 Å². The van der Waals surface area contributed by atoms with Crippen LogP contribution < -0.4 is 5.32 Å². The predicted molar refractivity (Wildman–Crippen MR) is 63.0 cm³/mol. The maximum Gasteiger partial charge on any atom is 0.391 e. The van der Waals surface area contributed by atoms with Gasteiger partial charge in [0.05, 0.1) is 5.92 Å². The summed E-state index contributed by atoms with van der Waals surface area (Å²) in [7, 11) is 0. The van der Waals surface area contributed by atoms with Crippen molar-refractivity contribution in [2.24, 2.45) is 5.92 Å². The van der Waals surface area contributed by atoms with E-state index in [0.717, 1.165) is 26.1 Å². The van der Waals surface area contributed by atoms with Gasteiger partial charge in [0.15, 0.2) is 0 Å². The van der Waals surface area contributed by atoms with Crippen molar-refractivity contribution in [2.45, 2.75) is 38.8 Å². The van der Waals surface area contributed by atoms with Gasteiger partial charge in [-0.25, -0.2) is 0 Å². The first-order valence-electron chi connectivity index (χ1n) is 6.54. The monoisotopic (exact) mass is 252 g/mol. The molecule has 0 bridgehead atoms. The van der Waals surface area contributed by atoms with Crippen LogP contribution in [0.4, 0.5) is 13.2 Å². The van der Waals surface area contributed by atoms with Crippen LogP contribution in [0.3, 0.4) is 0 Å². The van der Waals surface area contributed by atoms with E-state index in [4.69, 9.17) is 0 Å². The molecule has 1 aliphatic heterocycles. The molecule has 0 aromatic heterocycles. The van der Waals surface area contributed by atoms with E-state index in [1.165, 1.54) is 6.42 Å². The predicted octanol–water partition coefficient (Wildman–Crippen LogP) is 2.65. The summed E-state index contributed by atoms with van der Waals surface area (Å²) in [5.41, 5.74) is 0. The van der Waals surface area contributed by atoms with Crippen molar-refractivity contribution in [1.82, 2.24) is 10.2 Å². The van der Waals surface area contributed by atoms with Gasteiger partial charge in [0, 0.05) is 13.1 Å². The lowest BCUT2D eigenvalue weighted by Gasteiger charge is -2.32. The Morgan fingerprint density at radius 2 is 1.82 bits per heavy atom. The SMILES string of the molecule is CCCCNCCN1CCC(C(F)(F)F)CC1. The van der Waals surface area contributed by atoms with E-state index in [1.54, 1.807) is 0 Å². The zero-order valence-electron chi connectivity index (χ0n) is 10.5. The molecule has 0 radical (unpaired) electrons. The minimum Gasteiger partial charge on any atom is -0.315 e. The molecular weight excluding hydrogens is 229 g/mol. The molecule has 1 heterocycles. The molecule has 0 amide bonds. The zero-order valence-corrected chi connectivity index (χ0v) is 10.5. The van der Waals surface area contributed by atoms with Gasteiger partial charge in [0.2, 0.25) is 0 Å². The second-order valence-electron chi connectivity index (χ2n) is 4.76. The van der Waals surface area contributed by atoms with E-state index < -0.39 is 12.1 Å². The molecule has 2 nitrogen and oxygen atoms in total. The number of likely N-dealkylation sites (tertiary alicyclic amines) is 1. The second-order valence-corrected chi connectivity index (χ2v) is 4.76. The lowest BCUT2D eigenvalue weighted by molar-refractivity contribution is -0.184.